The smallest absolute Gasteiger partial charge is 0.0462 e. The van der Waals surface area contributed by atoms with Crippen molar-refractivity contribution in [2.45, 2.75) is 90.9 Å². The summed E-state index contributed by atoms with van der Waals surface area (Å²) in [5.41, 5.74) is 24.7. The molecular formula is C62H59N. The first-order valence-corrected chi connectivity index (χ1v) is 22.8. The van der Waals surface area contributed by atoms with E-state index in [1.807, 2.05) is 0 Å². The van der Waals surface area contributed by atoms with E-state index in [0.717, 1.165) is 17.1 Å². The highest BCUT2D eigenvalue weighted by atomic mass is 15.1. The van der Waals surface area contributed by atoms with Crippen LogP contribution in [0.1, 0.15) is 103 Å². The average Bonchev–Trinajstić information content (AvgIpc) is 3.66. The Balaban J connectivity index is 1.08. The number of fused-ring (bicyclic) bond motifs is 6. The molecule has 2 aliphatic rings. The van der Waals surface area contributed by atoms with Crippen molar-refractivity contribution >= 4 is 17.1 Å². The third kappa shape index (κ3) is 6.67. The van der Waals surface area contributed by atoms with Crippen LogP contribution in [0.3, 0.4) is 0 Å². The molecule has 0 atom stereocenters. The van der Waals surface area contributed by atoms with Crippen LogP contribution in [-0.4, -0.2) is 0 Å². The Labute approximate surface area is 376 Å². The summed E-state index contributed by atoms with van der Waals surface area (Å²) in [5.74, 6) is 0. The fourth-order valence-corrected chi connectivity index (χ4v) is 10.7. The number of nitrogens with zero attached hydrogens (tertiary/aromatic N) is 1. The van der Waals surface area contributed by atoms with Crippen molar-refractivity contribution < 1.29 is 0 Å². The maximum Gasteiger partial charge on any atom is 0.0462 e. The Hall–Kier alpha value is -6.44. The molecule has 8 aromatic rings. The van der Waals surface area contributed by atoms with Gasteiger partial charge in [-0.3, -0.25) is 0 Å². The van der Waals surface area contributed by atoms with Gasteiger partial charge in [0.1, 0.15) is 0 Å². The van der Waals surface area contributed by atoms with Gasteiger partial charge in [0.15, 0.2) is 0 Å². The SMILES string of the molecule is CC(C)(C)c1cc2c(c(C(C)(C)C)c1)C(C)(C)c1cccc(-c3ccc(N(c4ccc(-c5ccccc5)cc4)c4ccc(-c5cccc6c5-c5ccccc5C6(C)C)cc4)cc3)c1-2. The van der Waals surface area contributed by atoms with Crippen LogP contribution in [0.15, 0.2) is 176 Å². The molecule has 63 heavy (non-hydrogen) atoms. The van der Waals surface area contributed by atoms with Gasteiger partial charge in [0, 0.05) is 27.9 Å². The van der Waals surface area contributed by atoms with Gasteiger partial charge in [-0.05, 0) is 136 Å². The van der Waals surface area contributed by atoms with Crippen molar-refractivity contribution in [2.75, 3.05) is 4.90 Å². The number of hydrogen-bond acceptors (Lipinski definition) is 1. The van der Waals surface area contributed by atoms with Gasteiger partial charge >= 0.3 is 0 Å². The van der Waals surface area contributed by atoms with E-state index in [1.165, 1.54) is 89.0 Å². The van der Waals surface area contributed by atoms with Crippen LogP contribution in [0.5, 0.6) is 0 Å². The molecule has 0 saturated carbocycles. The van der Waals surface area contributed by atoms with Crippen LogP contribution in [0.4, 0.5) is 17.1 Å². The second-order valence-electron chi connectivity index (χ2n) is 21.0. The zero-order chi connectivity index (χ0) is 44.1. The lowest BCUT2D eigenvalue weighted by Gasteiger charge is -2.32. The van der Waals surface area contributed by atoms with Gasteiger partial charge in [-0.1, -0.05) is 209 Å². The second-order valence-corrected chi connectivity index (χ2v) is 21.0. The summed E-state index contributed by atoms with van der Waals surface area (Å²) >= 11 is 0. The Morgan fingerprint density at radius 2 is 0.778 bits per heavy atom. The molecule has 0 aliphatic heterocycles. The summed E-state index contributed by atoms with van der Waals surface area (Å²) in [6, 6.07) is 65.9. The Kier molecular flexibility index (Phi) is 9.39. The second kappa shape index (κ2) is 14.6. The number of anilines is 3. The molecule has 0 fully saturated rings. The zero-order valence-electron chi connectivity index (χ0n) is 38.7. The molecule has 1 heteroatoms. The third-order valence-corrected chi connectivity index (χ3v) is 14.2. The molecule has 0 aromatic heterocycles. The molecule has 0 amide bonds. The first kappa shape index (κ1) is 40.6. The van der Waals surface area contributed by atoms with Gasteiger partial charge in [0.25, 0.3) is 0 Å². The molecule has 0 N–H and O–H groups in total. The van der Waals surface area contributed by atoms with E-state index >= 15 is 0 Å². The van der Waals surface area contributed by atoms with Gasteiger partial charge < -0.3 is 4.90 Å². The lowest BCUT2D eigenvalue weighted by molar-refractivity contribution is 0.545. The number of rotatable bonds is 6. The quantitative estimate of drug-likeness (QED) is 0.162. The third-order valence-electron chi connectivity index (χ3n) is 14.2. The number of benzene rings is 8. The fourth-order valence-electron chi connectivity index (χ4n) is 10.7. The molecule has 0 unspecified atom stereocenters. The van der Waals surface area contributed by atoms with E-state index in [2.05, 4.69) is 250 Å². The Bertz CT molecular complexity index is 3020. The molecular weight excluding hydrogens is 759 g/mol. The van der Waals surface area contributed by atoms with E-state index < -0.39 is 0 Å². The van der Waals surface area contributed by atoms with Crippen LogP contribution in [0, 0.1) is 0 Å². The molecule has 1 nitrogen and oxygen atoms in total. The highest BCUT2D eigenvalue weighted by molar-refractivity contribution is 5.95. The zero-order valence-corrected chi connectivity index (χ0v) is 38.7. The van der Waals surface area contributed by atoms with Crippen LogP contribution in [-0.2, 0) is 21.7 Å². The maximum atomic E-state index is 2.50. The summed E-state index contributed by atoms with van der Waals surface area (Å²) in [4.78, 5) is 2.40. The van der Waals surface area contributed by atoms with Gasteiger partial charge in [-0.15, -0.1) is 0 Å². The minimum Gasteiger partial charge on any atom is -0.311 e. The Morgan fingerprint density at radius 3 is 1.30 bits per heavy atom. The standard InChI is InChI=1S/C62H59N/c1-59(2,3)44-38-51-57-49(22-17-25-54(57)62(9,10)58(51)55(39-44)60(4,5)6)43-30-36-47(37-31-43)63(45-32-26-41(27-33-45)40-18-12-11-13-19-40)46-34-28-42(29-35-46)48-21-16-24-53-56(48)50-20-14-15-23-52(50)61(53,7)8/h11-39H,1-10H3. The monoisotopic (exact) mass is 817 g/mol. The van der Waals surface area contributed by atoms with E-state index in [4.69, 9.17) is 0 Å². The predicted molar refractivity (Wildman–Crippen MR) is 270 cm³/mol. The average molecular weight is 818 g/mol. The highest BCUT2D eigenvalue weighted by Gasteiger charge is 2.42. The summed E-state index contributed by atoms with van der Waals surface area (Å²) in [6.07, 6.45) is 0. The van der Waals surface area contributed by atoms with Gasteiger partial charge in [-0.2, -0.15) is 0 Å². The molecule has 312 valence electrons. The molecule has 0 saturated heterocycles. The van der Waals surface area contributed by atoms with Crippen molar-refractivity contribution in [1.29, 1.82) is 0 Å². The molecule has 10 rings (SSSR count). The Morgan fingerprint density at radius 1 is 0.349 bits per heavy atom. The van der Waals surface area contributed by atoms with Crippen LogP contribution in [0.25, 0.3) is 55.6 Å². The minimum atomic E-state index is -0.117. The number of hydrogen-bond donors (Lipinski definition) is 0. The van der Waals surface area contributed by atoms with E-state index in [1.54, 1.807) is 0 Å². The van der Waals surface area contributed by atoms with Crippen molar-refractivity contribution in [1.82, 2.24) is 0 Å². The normalized spacial score (nSPS) is 14.4. The molecule has 8 aromatic carbocycles. The maximum absolute atomic E-state index is 2.50. The van der Waals surface area contributed by atoms with Crippen molar-refractivity contribution in [2.24, 2.45) is 0 Å². The topological polar surface area (TPSA) is 3.24 Å². The fraction of sp³-hybridized carbons (Fsp3) is 0.226. The van der Waals surface area contributed by atoms with Crippen LogP contribution >= 0.6 is 0 Å². The van der Waals surface area contributed by atoms with Crippen molar-refractivity contribution in [3.63, 3.8) is 0 Å². The summed E-state index contributed by atoms with van der Waals surface area (Å²) in [6.45, 7) is 23.7. The lowest BCUT2D eigenvalue weighted by Crippen LogP contribution is -2.24. The summed E-state index contributed by atoms with van der Waals surface area (Å²) in [5, 5.41) is 0. The first-order chi connectivity index (χ1) is 30.0. The summed E-state index contributed by atoms with van der Waals surface area (Å²) < 4.78 is 0. The van der Waals surface area contributed by atoms with E-state index in [-0.39, 0.29) is 21.7 Å². The minimum absolute atomic E-state index is 0.0108. The van der Waals surface area contributed by atoms with E-state index in [0.29, 0.717) is 0 Å². The molecule has 0 heterocycles. The van der Waals surface area contributed by atoms with Crippen molar-refractivity contribution in [3.05, 3.63) is 209 Å². The van der Waals surface area contributed by atoms with E-state index in [9.17, 15) is 0 Å². The highest BCUT2D eigenvalue weighted by Crippen LogP contribution is 2.56. The van der Waals surface area contributed by atoms with Crippen molar-refractivity contribution in [3.8, 4) is 55.6 Å². The molecule has 2 aliphatic carbocycles. The predicted octanol–water partition coefficient (Wildman–Crippen LogP) is 17.4. The van der Waals surface area contributed by atoms with Crippen LogP contribution in [0.2, 0.25) is 0 Å². The lowest BCUT2D eigenvalue weighted by atomic mass is 9.71. The van der Waals surface area contributed by atoms with Gasteiger partial charge in [-0.25, -0.2) is 0 Å². The summed E-state index contributed by atoms with van der Waals surface area (Å²) in [7, 11) is 0. The largest absolute Gasteiger partial charge is 0.311 e. The van der Waals surface area contributed by atoms with Gasteiger partial charge in [0.05, 0.1) is 0 Å². The van der Waals surface area contributed by atoms with Crippen LogP contribution < -0.4 is 4.90 Å². The molecule has 0 bridgehead atoms. The first-order valence-electron chi connectivity index (χ1n) is 22.8. The molecule has 0 spiro atoms. The molecule has 0 radical (unpaired) electrons. The van der Waals surface area contributed by atoms with Gasteiger partial charge in [0.2, 0.25) is 0 Å².